The molecule has 6 nitrogen and oxygen atoms in total. The minimum absolute atomic E-state index is 0.00943. The number of thiazole rings is 1. The third-order valence-corrected chi connectivity index (χ3v) is 5.51. The molecule has 3 aromatic heterocycles. The average Bonchev–Trinajstić information content (AvgIpc) is 3.29. The van der Waals surface area contributed by atoms with Gasteiger partial charge in [0.05, 0.1) is 11.2 Å². The van der Waals surface area contributed by atoms with Crippen LogP contribution in [0.2, 0.25) is 0 Å². The molecular weight excluding hydrogens is 377 g/mol. The number of nitrogens with one attached hydrogen (secondary N) is 1. The largest absolute Gasteiger partial charge is 0.365 e. The van der Waals surface area contributed by atoms with Gasteiger partial charge in [0, 0.05) is 36.1 Å². The summed E-state index contributed by atoms with van der Waals surface area (Å²) in [5.74, 6) is 0.750. The lowest BCUT2D eigenvalue weighted by Crippen LogP contribution is -2.38. The summed E-state index contributed by atoms with van der Waals surface area (Å²) in [5.41, 5.74) is 3.69. The fourth-order valence-corrected chi connectivity index (χ4v) is 4.16. The minimum Gasteiger partial charge on any atom is -0.365 e. The molecule has 1 amide bonds. The van der Waals surface area contributed by atoms with E-state index in [1.165, 1.54) is 23.6 Å². The topological polar surface area (TPSA) is 62.5 Å². The number of piperidine rings is 1. The molecule has 1 aliphatic rings. The summed E-state index contributed by atoms with van der Waals surface area (Å²) in [5, 5.41) is 5.29. The highest BCUT2D eigenvalue weighted by atomic mass is 32.1. The van der Waals surface area contributed by atoms with Crippen LogP contribution in [0.3, 0.4) is 0 Å². The standard InChI is InChI=1S/C20H24FN5OS/c1-20(2,3)24-18-17(23-16-5-4-14(21)10-26(16)18)13-6-8-25(9-7-13)19(27)15-11-28-12-22-15/h4-5,10-13,24H,6-9H2,1-3H3. The Kier molecular flexibility index (Phi) is 4.82. The molecule has 0 unspecified atom stereocenters. The quantitative estimate of drug-likeness (QED) is 0.716. The number of anilines is 1. The molecule has 0 spiro atoms. The van der Waals surface area contributed by atoms with E-state index < -0.39 is 0 Å². The lowest BCUT2D eigenvalue weighted by atomic mass is 9.92. The molecule has 3 aromatic rings. The predicted octanol–water partition coefficient (Wildman–Crippen LogP) is 4.16. The first-order chi connectivity index (χ1) is 13.3. The van der Waals surface area contributed by atoms with Crippen molar-refractivity contribution in [3.63, 3.8) is 0 Å². The number of carbonyl (C=O) groups is 1. The number of aromatic nitrogens is 3. The Morgan fingerprint density at radius 2 is 2.04 bits per heavy atom. The van der Waals surface area contributed by atoms with Gasteiger partial charge in [0.15, 0.2) is 0 Å². The van der Waals surface area contributed by atoms with E-state index in [1.54, 1.807) is 21.4 Å². The van der Waals surface area contributed by atoms with Gasteiger partial charge in [-0.05, 0) is 45.7 Å². The van der Waals surface area contributed by atoms with Crippen LogP contribution in [0, 0.1) is 5.82 Å². The Bertz CT molecular complexity index is 984. The zero-order chi connectivity index (χ0) is 19.9. The molecule has 28 heavy (non-hydrogen) atoms. The second-order valence-electron chi connectivity index (χ2n) is 8.24. The van der Waals surface area contributed by atoms with Crippen molar-refractivity contribution in [3.05, 3.63) is 46.4 Å². The number of pyridine rings is 1. The number of carbonyl (C=O) groups excluding carboxylic acids is 1. The van der Waals surface area contributed by atoms with Gasteiger partial charge in [0.25, 0.3) is 5.91 Å². The lowest BCUT2D eigenvalue weighted by Gasteiger charge is -2.32. The summed E-state index contributed by atoms with van der Waals surface area (Å²) in [4.78, 5) is 23.3. The van der Waals surface area contributed by atoms with Gasteiger partial charge in [0.1, 0.15) is 23.0 Å². The highest BCUT2D eigenvalue weighted by Crippen LogP contribution is 2.35. The second-order valence-corrected chi connectivity index (χ2v) is 8.96. The maximum atomic E-state index is 13.9. The summed E-state index contributed by atoms with van der Waals surface area (Å²) in [7, 11) is 0. The van der Waals surface area contributed by atoms with E-state index in [9.17, 15) is 9.18 Å². The summed E-state index contributed by atoms with van der Waals surface area (Å²) in [6, 6.07) is 3.13. The third-order valence-electron chi connectivity index (χ3n) is 4.92. The molecule has 0 aliphatic carbocycles. The molecule has 0 aromatic carbocycles. The van der Waals surface area contributed by atoms with Gasteiger partial charge in [-0.25, -0.2) is 14.4 Å². The second kappa shape index (κ2) is 7.16. The van der Waals surface area contributed by atoms with E-state index in [2.05, 4.69) is 31.1 Å². The molecule has 1 fully saturated rings. The number of rotatable bonds is 3. The van der Waals surface area contributed by atoms with Crippen molar-refractivity contribution in [2.45, 2.75) is 45.1 Å². The summed E-state index contributed by atoms with van der Waals surface area (Å²) in [6.45, 7) is 7.55. The predicted molar refractivity (Wildman–Crippen MR) is 109 cm³/mol. The maximum absolute atomic E-state index is 13.9. The SMILES string of the molecule is CC(C)(C)Nc1c(C2CCN(C(=O)c3cscn3)CC2)nc2ccc(F)cn12. The number of fused-ring (bicyclic) bond motifs is 1. The molecule has 4 rings (SSSR count). The highest BCUT2D eigenvalue weighted by Gasteiger charge is 2.30. The molecule has 4 heterocycles. The van der Waals surface area contributed by atoms with Crippen molar-refractivity contribution >= 4 is 28.7 Å². The van der Waals surface area contributed by atoms with E-state index >= 15 is 0 Å². The molecule has 1 saturated heterocycles. The first-order valence-corrected chi connectivity index (χ1v) is 10.4. The maximum Gasteiger partial charge on any atom is 0.273 e. The van der Waals surface area contributed by atoms with Gasteiger partial charge < -0.3 is 10.2 Å². The number of hydrogen-bond acceptors (Lipinski definition) is 5. The molecule has 1 N–H and O–H groups in total. The zero-order valence-corrected chi connectivity index (χ0v) is 17.1. The fraction of sp³-hybridized carbons (Fsp3) is 0.450. The molecule has 0 saturated carbocycles. The van der Waals surface area contributed by atoms with Crippen LogP contribution in [0.15, 0.2) is 29.2 Å². The van der Waals surface area contributed by atoms with Crippen molar-refractivity contribution in [1.29, 1.82) is 0 Å². The number of imidazole rings is 1. The van der Waals surface area contributed by atoms with Crippen LogP contribution < -0.4 is 5.32 Å². The number of amides is 1. The van der Waals surface area contributed by atoms with Crippen molar-refractivity contribution in [2.75, 3.05) is 18.4 Å². The van der Waals surface area contributed by atoms with Gasteiger partial charge in [-0.3, -0.25) is 9.20 Å². The Balaban J connectivity index is 1.59. The highest BCUT2D eigenvalue weighted by molar-refractivity contribution is 7.07. The van der Waals surface area contributed by atoms with Gasteiger partial charge >= 0.3 is 0 Å². The van der Waals surface area contributed by atoms with Crippen LogP contribution >= 0.6 is 11.3 Å². The van der Waals surface area contributed by atoms with Crippen LogP contribution in [0.4, 0.5) is 10.2 Å². The number of nitrogens with zero attached hydrogens (tertiary/aromatic N) is 4. The number of likely N-dealkylation sites (tertiary alicyclic amines) is 1. The number of hydrogen-bond donors (Lipinski definition) is 1. The van der Waals surface area contributed by atoms with Crippen molar-refractivity contribution in [3.8, 4) is 0 Å². The molecular formula is C20H24FN5OS. The van der Waals surface area contributed by atoms with E-state index in [4.69, 9.17) is 4.98 Å². The third kappa shape index (κ3) is 3.73. The van der Waals surface area contributed by atoms with Crippen LogP contribution in [-0.2, 0) is 0 Å². The molecule has 148 valence electrons. The molecule has 0 radical (unpaired) electrons. The van der Waals surface area contributed by atoms with E-state index in [-0.39, 0.29) is 23.2 Å². The zero-order valence-electron chi connectivity index (χ0n) is 16.3. The average molecular weight is 402 g/mol. The van der Waals surface area contributed by atoms with Gasteiger partial charge in [-0.1, -0.05) is 0 Å². The minimum atomic E-state index is -0.294. The first-order valence-electron chi connectivity index (χ1n) is 9.45. The number of halogens is 1. The Hall–Kier alpha value is -2.48. The van der Waals surface area contributed by atoms with Gasteiger partial charge in [0.2, 0.25) is 0 Å². The molecule has 0 bridgehead atoms. The lowest BCUT2D eigenvalue weighted by molar-refractivity contribution is 0.0707. The summed E-state index contributed by atoms with van der Waals surface area (Å²) >= 11 is 1.43. The van der Waals surface area contributed by atoms with Crippen molar-refractivity contribution in [2.24, 2.45) is 0 Å². The van der Waals surface area contributed by atoms with Crippen molar-refractivity contribution in [1.82, 2.24) is 19.3 Å². The molecule has 1 aliphatic heterocycles. The van der Waals surface area contributed by atoms with Crippen LogP contribution in [-0.4, -0.2) is 43.8 Å². The van der Waals surface area contributed by atoms with Crippen molar-refractivity contribution < 1.29 is 9.18 Å². The summed E-state index contributed by atoms with van der Waals surface area (Å²) < 4.78 is 15.6. The normalized spacial score (nSPS) is 15.9. The van der Waals surface area contributed by atoms with Gasteiger partial charge in [-0.15, -0.1) is 11.3 Å². The van der Waals surface area contributed by atoms with Crippen LogP contribution in [0.25, 0.3) is 5.65 Å². The smallest absolute Gasteiger partial charge is 0.273 e. The van der Waals surface area contributed by atoms with Crippen LogP contribution in [0.5, 0.6) is 0 Å². The summed E-state index contributed by atoms with van der Waals surface area (Å²) in [6.07, 6.45) is 3.11. The Morgan fingerprint density at radius 3 is 2.68 bits per heavy atom. The van der Waals surface area contributed by atoms with E-state index in [0.717, 1.165) is 30.0 Å². The Morgan fingerprint density at radius 1 is 1.29 bits per heavy atom. The Labute approximate surface area is 167 Å². The van der Waals surface area contributed by atoms with Crippen LogP contribution in [0.1, 0.15) is 55.7 Å². The fourth-order valence-electron chi connectivity index (χ4n) is 3.64. The first kappa shape index (κ1) is 18.9. The monoisotopic (exact) mass is 401 g/mol. The molecule has 0 atom stereocenters. The van der Waals surface area contributed by atoms with E-state index in [0.29, 0.717) is 18.8 Å². The van der Waals surface area contributed by atoms with Gasteiger partial charge in [-0.2, -0.15) is 0 Å². The van der Waals surface area contributed by atoms with E-state index in [1.807, 2.05) is 4.90 Å². The molecule has 8 heteroatoms.